The molecule has 0 spiro atoms. The van der Waals surface area contributed by atoms with Crippen LogP contribution in [-0.4, -0.2) is 47.3 Å². The van der Waals surface area contributed by atoms with Crippen LogP contribution in [0.4, 0.5) is 0 Å². The Balaban J connectivity index is 3.69. The fraction of sp³-hybridized carbons (Fsp3) is 0.917. The second-order valence-corrected chi connectivity index (χ2v) is 9.26. The van der Waals surface area contributed by atoms with Crippen molar-refractivity contribution in [1.82, 2.24) is 0 Å². The van der Waals surface area contributed by atoms with Crippen molar-refractivity contribution in [2.24, 2.45) is 17.8 Å². The first-order chi connectivity index (χ1) is 13.3. The van der Waals surface area contributed by atoms with Crippen molar-refractivity contribution in [2.75, 3.05) is 19.8 Å². The van der Waals surface area contributed by atoms with Crippen molar-refractivity contribution in [3.05, 3.63) is 11.6 Å². The minimum absolute atomic E-state index is 0.0401. The standard InChI is InChI=1S/C24H48O4/c1-19(2)9-6-10-20(3)11-7-12-21(4)13-8-14-22(5)15-16-28-18-24(27)23(26)17-25/h15,19-21,23-27H,6-14,16-18H2,1-5H3/t20?,21?,23-,24+/m1/s1. The third-order valence-corrected chi connectivity index (χ3v) is 5.61. The molecule has 0 amide bonds. The van der Waals surface area contributed by atoms with Crippen LogP contribution in [0.1, 0.15) is 92.4 Å². The summed E-state index contributed by atoms with van der Waals surface area (Å²) < 4.78 is 5.34. The van der Waals surface area contributed by atoms with E-state index in [0.29, 0.717) is 6.61 Å². The molecule has 0 fully saturated rings. The maximum absolute atomic E-state index is 9.50. The Hall–Kier alpha value is -0.420. The zero-order valence-electron chi connectivity index (χ0n) is 19.2. The molecule has 0 rings (SSSR count). The topological polar surface area (TPSA) is 69.9 Å². The summed E-state index contributed by atoms with van der Waals surface area (Å²) in [6, 6.07) is 0. The summed E-state index contributed by atoms with van der Waals surface area (Å²) in [4.78, 5) is 0. The lowest BCUT2D eigenvalue weighted by atomic mass is 9.91. The molecule has 28 heavy (non-hydrogen) atoms. The second-order valence-electron chi connectivity index (χ2n) is 9.26. The molecule has 4 heteroatoms. The molecule has 0 aliphatic carbocycles. The first-order valence-electron chi connectivity index (χ1n) is 11.5. The molecule has 168 valence electrons. The van der Waals surface area contributed by atoms with E-state index in [1.165, 1.54) is 56.9 Å². The van der Waals surface area contributed by atoms with Crippen LogP contribution in [0.5, 0.6) is 0 Å². The van der Waals surface area contributed by atoms with Gasteiger partial charge in [-0.2, -0.15) is 0 Å². The molecular formula is C24H48O4. The summed E-state index contributed by atoms with van der Waals surface area (Å²) in [5.74, 6) is 2.50. The minimum atomic E-state index is -1.13. The van der Waals surface area contributed by atoms with Crippen LogP contribution in [0.2, 0.25) is 0 Å². The number of rotatable bonds is 18. The molecule has 0 saturated heterocycles. The Labute approximate surface area is 174 Å². The number of allylic oxidation sites excluding steroid dienone is 1. The van der Waals surface area contributed by atoms with Gasteiger partial charge < -0.3 is 20.1 Å². The molecule has 3 N–H and O–H groups in total. The van der Waals surface area contributed by atoms with Crippen LogP contribution in [0.3, 0.4) is 0 Å². The van der Waals surface area contributed by atoms with E-state index in [9.17, 15) is 10.2 Å². The smallest absolute Gasteiger partial charge is 0.105 e. The molecule has 0 saturated carbocycles. The van der Waals surface area contributed by atoms with Gasteiger partial charge in [0.1, 0.15) is 12.2 Å². The Morgan fingerprint density at radius 2 is 1.36 bits per heavy atom. The zero-order chi connectivity index (χ0) is 21.4. The van der Waals surface area contributed by atoms with Gasteiger partial charge >= 0.3 is 0 Å². The van der Waals surface area contributed by atoms with Gasteiger partial charge in [0.05, 0.1) is 19.8 Å². The number of aliphatic hydroxyl groups is 3. The van der Waals surface area contributed by atoms with E-state index in [1.807, 2.05) is 6.08 Å². The highest BCUT2D eigenvalue weighted by molar-refractivity contribution is 4.97. The first kappa shape index (κ1) is 27.6. The molecule has 0 aromatic carbocycles. The number of hydrogen-bond donors (Lipinski definition) is 3. The van der Waals surface area contributed by atoms with Crippen molar-refractivity contribution >= 4 is 0 Å². The first-order valence-corrected chi connectivity index (χ1v) is 11.5. The lowest BCUT2D eigenvalue weighted by Gasteiger charge is -2.15. The maximum Gasteiger partial charge on any atom is 0.105 e. The van der Waals surface area contributed by atoms with E-state index in [-0.39, 0.29) is 6.61 Å². The van der Waals surface area contributed by atoms with E-state index in [0.717, 1.165) is 24.2 Å². The molecule has 2 unspecified atom stereocenters. The molecule has 4 nitrogen and oxygen atoms in total. The van der Waals surface area contributed by atoms with Crippen LogP contribution in [0, 0.1) is 17.8 Å². The van der Waals surface area contributed by atoms with E-state index in [4.69, 9.17) is 9.84 Å². The highest BCUT2D eigenvalue weighted by Gasteiger charge is 2.14. The monoisotopic (exact) mass is 400 g/mol. The fourth-order valence-corrected chi connectivity index (χ4v) is 3.43. The number of ether oxygens (including phenoxy) is 1. The van der Waals surface area contributed by atoms with Crippen LogP contribution in [-0.2, 0) is 4.74 Å². The van der Waals surface area contributed by atoms with Crippen molar-refractivity contribution in [3.8, 4) is 0 Å². The molecule has 0 heterocycles. The molecule has 0 aromatic rings. The van der Waals surface area contributed by atoms with Gasteiger partial charge in [0.15, 0.2) is 0 Å². The Morgan fingerprint density at radius 1 is 0.821 bits per heavy atom. The van der Waals surface area contributed by atoms with E-state index in [1.54, 1.807) is 0 Å². The van der Waals surface area contributed by atoms with Gasteiger partial charge in [0.25, 0.3) is 0 Å². The molecule has 0 aliphatic heterocycles. The van der Waals surface area contributed by atoms with E-state index >= 15 is 0 Å². The average Bonchev–Trinajstić information content (AvgIpc) is 2.64. The molecule has 0 aromatic heterocycles. The van der Waals surface area contributed by atoms with Gasteiger partial charge in [0.2, 0.25) is 0 Å². The summed E-state index contributed by atoms with van der Waals surface area (Å²) >= 11 is 0. The van der Waals surface area contributed by atoms with Crippen molar-refractivity contribution in [1.29, 1.82) is 0 Å². The van der Waals surface area contributed by atoms with Crippen molar-refractivity contribution < 1.29 is 20.1 Å². The van der Waals surface area contributed by atoms with Gasteiger partial charge in [-0.1, -0.05) is 84.3 Å². The maximum atomic E-state index is 9.50. The Morgan fingerprint density at radius 3 is 1.89 bits per heavy atom. The van der Waals surface area contributed by atoms with Crippen LogP contribution >= 0.6 is 0 Å². The SMILES string of the molecule is CC(=CCOC[C@H](O)[C@H](O)CO)CCCC(C)CCCC(C)CCCC(C)C. The fourth-order valence-electron chi connectivity index (χ4n) is 3.43. The zero-order valence-corrected chi connectivity index (χ0v) is 19.2. The highest BCUT2D eigenvalue weighted by atomic mass is 16.5. The number of aliphatic hydroxyl groups excluding tert-OH is 3. The summed E-state index contributed by atoms with van der Waals surface area (Å²) in [6.45, 7) is 11.5. The summed E-state index contributed by atoms with van der Waals surface area (Å²) in [5.41, 5.74) is 1.31. The molecule has 0 radical (unpaired) electrons. The Bertz CT molecular complexity index is 381. The normalized spacial score (nSPS) is 17.0. The van der Waals surface area contributed by atoms with Gasteiger partial charge in [-0.25, -0.2) is 0 Å². The minimum Gasteiger partial charge on any atom is -0.394 e. The predicted octanol–water partition coefficient (Wildman–Crippen LogP) is 5.10. The molecule has 0 aliphatic rings. The second kappa shape index (κ2) is 17.4. The lowest BCUT2D eigenvalue weighted by molar-refractivity contribution is -0.0527. The van der Waals surface area contributed by atoms with Crippen LogP contribution in [0.25, 0.3) is 0 Å². The molecular weight excluding hydrogens is 352 g/mol. The van der Waals surface area contributed by atoms with Gasteiger partial charge in [-0.05, 0) is 37.5 Å². The Kier molecular flexibility index (Phi) is 17.2. The quantitative estimate of drug-likeness (QED) is 0.221. The highest BCUT2D eigenvalue weighted by Crippen LogP contribution is 2.22. The summed E-state index contributed by atoms with van der Waals surface area (Å²) in [5, 5.41) is 27.5. The lowest BCUT2D eigenvalue weighted by Crippen LogP contribution is -2.33. The van der Waals surface area contributed by atoms with Gasteiger partial charge in [-0.3, -0.25) is 0 Å². The van der Waals surface area contributed by atoms with Gasteiger partial charge in [-0.15, -0.1) is 0 Å². The van der Waals surface area contributed by atoms with Crippen molar-refractivity contribution in [3.63, 3.8) is 0 Å². The van der Waals surface area contributed by atoms with Gasteiger partial charge in [0, 0.05) is 0 Å². The summed E-state index contributed by atoms with van der Waals surface area (Å²) in [7, 11) is 0. The third kappa shape index (κ3) is 16.5. The molecule has 4 atom stereocenters. The van der Waals surface area contributed by atoms with E-state index in [2.05, 4.69) is 34.6 Å². The largest absolute Gasteiger partial charge is 0.394 e. The van der Waals surface area contributed by atoms with Crippen LogP contribution < -0.4 is 0 Å². The third-order valence-electron chi connectivity index (χ3n) is 5.61. The number of hydrogen-bond acceptors (Lipinski definition) is 4. The van der Waals surface area contributed by atoms with E-state index < -0.39 is 18.8 Å². The van der Waals surface area contributed by atoms with Crippen molar-refractivity contribution in [2.45, 2.75) is 105 Å². The van der Waals surface area contributed by atoms with Crippen LogP contribution in [0.15, 0.2) is 11.6 Å². The molecule has 0 bridgehead atoms. The summed E-state index contributed by atoms with van der Waals surface area (Å²) in [6.07, 6.45) is 11.6. The average molecular weight is 401 g/mol. The predicted molar refractivity (Wildman–Crippen MR) is 118 cm³/mol.